The lowest BCUT2D eigenvalue weighted by Gasteiger charge is -2.26. The molecule has 1 aliphatic heterocycles. The van der Waals surface area contributed by atoms with Crippen molar-refractivity contribution in [3.8, 4) is 0 Å². The molecule has 0 amide bonds. The van der Waals surface area contributed by atoms with Crippen LogP contribution in [0.15, 0.2) is 0 Å². The number of rotatable bonds is 4. The summed E-state index contributed by atoms with van der Waals surface area (Å²) in [5, 5.41) is 9.00. The molecule has 1 N–H and O–H groups in total. The Hall–Kier alpha value is -1.14. The van der Waals surface area contributed by atoms with E-state index >= 15 is 0 Å². The van der Waals surface area contributed by atoms with Gasteiger partial charge in [-0.3, -0.25) is 9.59 Å². The smallest absolute Gasteiger partial charge is 0.309 e. The zero-order valence-electron chi connectivity index (χ0n) is 12.9. The first-order valence-electron chi connectivity index (χ1n) is 8.18. The molecule has 124 valence electrons. The third kappa shape index (κ3) is 2.99. The fourth-order valence-electron chi connectivity index (χ4n) is 4.11. The summed E-state index contributed by atoms with van der Waals surface area (Å²) in [4.78, 5) is 23.3. The number of carboxylic acid groups (broad SMARTS) is 1. The van der Waals surface area contributed by atoms with Crippen LogP contribution in [0, 0.1) is 17.8 Å². The second kappa shape index (κ2) is 6.54. The van der Waals surface area contributed by atoms with E-state index in [0.29, 0.717) is 32.3 Å². The molecule has 22 heavy (non-hydrogen) atoms. The summed E-state index contributed by atoms with van der Waals surface area (Å²) in [6.45, 7) is 0.450. The molecule has 0 aromatic heterocycles. The molecule has 1 saturated heterocycles. The van der Waals surface area contributed by atoms with Crippen molar-refractivity contribution in [2.75, 3.05) is 13.7 Å². The van der Waals surface area contributed by atoms with E-state index in [-0.39, 0.29) is 42.0 Å². The molecular formula is C16H24O6. The number of carbonyl (C=O) groups excluding carboxylic acids is 1. The second-order valence-electron chi connectivity index (χ2n) is 6.68. The van der Waals surface area contributed by atoms with Gasteiger partial charge in [-0.25, -0.2) is 0 Å². The lowest BCUT2D eigenvalue weighted by atomic mass is 9.82. The highest BCUT2D eigenvalue weighted by Crippen LogP contribution is 2.40. The lowest BCUT2D eigenvalue weighted by molar-refractivity contribution is -0.158. The Morgan fingerprint density at radius 1 is 1.00 bits per heavy atom. The van der Waals surface area contributed by atoms with Gasteiger partial charge in [-0.15, -0.1) is 0 Å². The fourth-order valence-corrected chi connectivity index (χ4v) is 4.11. The Morgan fingerprint density at radius 2 is 1.68 bits per heavy atom. The molecule has 1 unspecified atom stereocenters. The van der Waals surface area contributed by atoms with Crippen LogP contribution in [-0.4, -0.2) is 49.1 Å². The van der Waals surface area contributed by atoms with Crippen molar-refractivity contribution in [3.63, 3.8) is 0 Å². The van der Waals surface area contributed by atoms with Crippen molar-refractivity contribution in [2.45, 2.75) is 56.8 Å². The number of hydrogen-bond donors (Lipinski definition) is 1. The zero-order valence-corrected chi connectivity index (χ0v) is 12.9. The van der Waals surface area contributed by atoms with Gasteiger partial charge in [-0.2, -0.15) is 0 Å². The quantitative estimate of drug-likeness (QED) is 0.794. The van der Waals surface area contributed by atoms with Gasteiger partial charge < -0.3 is 19.3 Å². The van der Waals surface area contributed by atoms with Crippen molar-refractivity contribution in [1.29, 1.82) is 0 Å². The standard InChI is InChI=1S/C16H24O6/c1-20-12-7-6-11-13(8-21-14(11)12)22-16(19)10-4-2-9(3-5-10)15(17)18/h9-14H,2-8H2,1H3,(H,17,18)/t9?,10?,11-,12?,13+,14+/m1/s1. The van der Waals surface area contributed by atoms with E-state index in [1.807, 2.05) is 0 Å². The van der Waals surface area contributed by atoms with Gasteiger partial charge in [0.1, 0.15) is 6.10 Å². The predicted octanol–water partition coefficient (Wildman–Crippen LogP) is 1.61. The van der Waals surface area contributed by atoms with Gasteiger partial charge in [0.05, 0.1) is 30.7 Å². The summed E-state index contributed by atoms with van der Waals surface area (Å²) >= 11 is 0. The van der Waals surface area contributed by atoms with Crippen LogP contribution in [0.25, 0.3) is 0 Å². The Balaban J connectivity index is 1.50. The van der Waals surface area contributed by atoms with Gasteiger partial charge in [0, 0.05) is 13.0 Å². The van der Waals surface area contributed by atoms with E-state index in [2.05, 4.69) is 0 Å². The van der Waals surface area contributed by atoms with E-state index in [4.69, 9.17) is 19.3 Å². The summed E-state index contributed by atoms with van der Waals surface area (Å²) in [5.41, 5.74) is 0. The van der Waals surface area contributed by atoms with Crippen LogP contribution < -0.4 is 0 Å². The number of carboxylic acids is 1. The minimum Gasteiger partial charge on any atom is -0.481 e. The highest BCUT2D eigenvalue weighted by atomic mass is 16.6. The van der Waals surface area contributed by atoms with Gasteiger partial charge in [0.2, 0.25) is 0 Å². The van der Waals surface area contributed by atoms with Crippen LogP contribution in [0.1, 0.15) is 38.5 Å². The SMILES string of the molecule is COC1CC[C@@H]2[C@@H](OC(=O)C3CCC(C(=O)O)CC3)CO[C@H]12. The van der Waals surface area contributed by atoms with E-state index in [1.165, 1.54) is 0 Å². The minimum atomic E-state index is -0.754. The molecule has 2 saturated carbocycles. The Kier molecular flexibility index (Phi) is 4.68. The number of aliphatic carboxylic acids is 1. The summed E-state index contributed by atoms with van der Waals surface area (Å²) < 4.78 is 16.8. The second-order valence-corrected chi connectivity index (χ2v) is 6.68. The molecule has 3 rings (SSSR count). The molecule has 4 atom stereocenters. The van der Waals surface area contributed by atoms with Crippen molar-refractivity contribution in [2.24, 2.45) is 17.8 Å². The number of esters is 1. The molecule has 2 aliphatic carbocycles. The van der Waals surface area contributed by atoms with Crippen LogP contribution in [0.5, 0.6) is 0 Å². The Labute approximate surface area is 130 Å². The number of fused-ring (bicyclic) bond motifs is 1. The molecule has 0 bridgehead atoms. The van der Waals surface area contributed by atoms with Crippen LogP contribution >= 0.6 is 0 Å². The third-order valence-corrected chi connectivity index (χ3v) is 5.48. The number of ether oxygens (including phenoxy) is 3. The van der Waals surface area contributed by atoms with Crippen molar-refractivity contribution >= 4 is 11.9 Å². The molecule has 6 nitrogen and oxygen atoms in total. The first-order valence-corrected chi connectivity index (χ1v) is 8.18. The Morgan fingerprint density at radius 3 is 2.32 bits per heavy atom. The van der Waals surface area contributed by atoms with E-state index in [0.717, 1.165) is 12.8 Å². The van der Waals surface area contributed by atoms with Crippen LogP contribution in [0.2, 0.25) is 0 Å². The lowest BCUT2D eigenvalue weighted by Crippen LogP contribution is -2.33. The largest absolute Gasteiger partial charge is 0.481 e. The van der Waals surface area contributed by atoms with Crippen molar-refractivity contribution < 1.29 is 28.9 Å². The minimum absolute atomic E-state index is 0.0468. The molecule has 0 radical (unpaired) electrons. The average Bonchev–Trinajstić information content (AvgIpc) is 3.10. The molecule has 3 aliphatic rings. The first kappa shape index (κ1) is 15.7. The fraction of sp³-hybridized carbons (Fsp3) is 0.875. The molecule has 6 heteroatoms. The van der Waals surface area contributed by atoms with Crippen molar-refractivity contribution in [1.82, 2.24) is 0 Å². The van der Waals surface area contributed by atoms with Gasteiger partial charge in [0.15, 0.2) is 0 Å². The Bertz CT molecular complexity index is 428. The maximum atomic E-state index is 12.3. The van der Waals surface area contributed by atoms with E-state index < -0.39 is 5.97 Å². The molecular weight excluding hydrogens is 288 g/mol. The maximum Gasteiger partial charge on any atom is 0.309 e. The van der Waals surface area contributed by atoms with Gasteiger partial charge in [-0.1, -0.05) is 0 Å². The average molecular weight is 312 g/mol. The van der Waals surface area contributed by atoms with Crippen LogP contribution in [0.3, 0.4) is 0 Å². The monoisotopic (exact) mass is 312 g/mol. The third-order valence-electron chi connectivity index (χ3n) is 5.48. The van der Waals surface area contributed by atoms with Gasteiger partial charge in [-0.05, 0) is 38.5 Å². The molecule has 0 spiro atoms. The van der Waals surface area contributed by atoms with Crippen LogP contribution in [-0.2, 0) is 23.8 Å². The summed E-state index contributed by atoms with van der Waals surface area (Å²) in [5.74, 6) is -1.16. The normalized spacial score (nSPS) is 41.1. The highest BCUT2D eigenvalue weighted by Gasteiger charge is 2.48. The van der Waals surface area contributed by atoms with Gasteiger partial charge >= 0.3 is 11.9 Å². The molecule has 0 aromatic carbocycles. The van der Waals surface area contributed by atoms with Crippen molar-refractivity contribution in [3.05, 3.63) is 0 Å². The summed E-state index contributed by atoms with van der Waals surface area (Å²) in [7, 11) is 1.69. The maximum absolute atomic E-state index is 12.3. The molecule has 3 fully saturated rings. The van der Waals surface area contributed by atoms with Gasteiger partial charge in [0.25, 0.3) is 0 Å². The predicted molar refractivity (Wildman–Crippen MR) is 76.2 cm³/mol. The molecule has 1 heterocycles. The number of carbonyl (C=O) groups is 2. The number of methoxy groups -OCH3 is 1. The van der Waals surface area contributed by atoms with E-state index in [1.54, 1.807) is 7.11 Å². The van der Waals surface area contributed by atoms with E-state index in [9.17, 15) is 9.59 Å². The summed E-state index contributed by atoms with van der Waals surface area (Å²) in [6.07, 6.45) is 4.25. The highest BCUT2D eigenvalue weighted by molar-refractivity contribution is 5.74. The summed E-state index contributed by atoms with van der Waals surface area (Å²) in [6, 6.07) is 0. The van der Waals surface area contributed by atoms with Crippen LogP contribution in [0.4, 0.5) is 0 Å². The topological polar surface area (TPSA) is 82.1 Å². The molecule has 0 aromatic rings. The zero-order chi connectivity index (χ0) is 15.7. The number of hydrogen-bond acceptors (Lipinski definition) is 5. The first-order chi connectivity index (χ1) is 10.6.